The Morgan fingerprint density at radius 3 is 2.44 bits per heavy atom. The summed E-state index contributed by atoms with van der Waals surface area (Å²) < 4.78 is 0. The highest BCUT2D eigenvalue weighted by Crippen LogP contribution is 2.07. The summed E-state index contributed by atoms with van der Waals surface area (Å²) in [5, 5.41) is 19.2. The molecule has 0 aromatic heterocycles. The molecule has 0 spiro atoms. The number of thiol groups is 1. The summed E-state index contributed by atoms with van der Waals surface area (Å²) in [6, 6.07) is -2.13. The quantitative estimate of drug-likeness (QED) is 0.146. The zero-order chi connectivity index (χ0) is 20.2. The number of hydrogen-bond donors (Lipinski definition) is 7. The Hall–Kier alpha value is -1.85. The van der Waals surface area contributed by atoms with Gasteiger partial charge in [0.2, 0.25) is 17.7 Å². The van der Waals surface area contributed by atoms with Crippen LogP contribution in [-0.2, 0) is 19.2 Å². The molecule has 0 bridgehead atoms. The van der Waals surface area contributed by atoms with Crippen molar-refractivity contribution in [2.24, 2.45) is 5.73 Å². The number of unbranched alkanes of at least 4 members (excludes halogenated alkanes) is 1. The summed E-state index contributed by atoms with van der Waals surface area (Å²) in [6.45, 7) is 0.680. The first kappa shape index (κ1) is 23.2. The van der Waals surface area contributed by atoms with E-state index in [0.29, 0.717) is 32.2 Å². The first-order valence-electron chi connectivity index (χ1n) is 9.03. The molecule has 0 aliphatic carbocycles. The highest BCUT2D eigenvalue weighted by molar-refractivity contribution is 7.80. The highest BCUT2D eigenvalue weighted by Gasteiger charge is 2.29. The maximum Gasteiger partial charge on any atom is 0.322 e. The van der Waals surface area contributed by atoms with Crippen molar-refractivity contribution >= 4 is 36.3 Å². The Kier molecular flexibility index (Phi) is 10.8. The summed E-state index contributed by atoms with van der Waals surface area (Å²) >= 11 is 4.03. The summed E-state index contributed by atoms with van der Waals surface area (Å²) in [4.78, 5) is 47.4. The van der Waals surface area contributed by atoms with Crippen LogP contribution in [0.3, 0.4) is 0 Å². The summed E-state index contributed by atoms with van der Waals surface area (Å²) in [5.41, 5.74) is 5.48. The highest BCUT2D eigenvalue weighted by atomic mass is 32.1. The monoisotopic (exact) mass is 403 g/mol. The van der Waals surface area contributed by atoms with Gasteiger partial charge in [-0.1, -0.05) is 0 Å². The normalized spacial score (nSPS) is 18.4. The molecular formula is C16H29N5O5S. The lowest BCUT2D eigenvalue weighted by atomic mass is 10.1. The third kappa shape index (κ3) is 8.59. The third-order valence-electron chi connectivity index (χ3n) is 4.19. The molecule has 1 aliphatic rings. The molecule has 1 aliphatic heterocycles. The minimum Gasteiger partial charge on any atom is -0.480 e. The van der Waals surface area contributed by atoms with Crippen LogP contribution < -0.4 is 27.0 Å². The van der Waals surface area contributed by atoms with Gasteiger partial charge in [-0.3, -0.25) is 19.2 Å². The predicted molar refractivity (Wildman–Crippen MR) is 102 cm³/mol. The van der Waals surface area contributed by atoms with Gasteiger partial charge in [0.1, 0.15) is 18.6 Å². The number of rotatable bonds is 12. The first-order valence-corrected chi connectivity index (χ1v) is 9.66. The standard InChI is InChI=1S/C16H29N5O5S/c17-6-2-1-4-11(20-15(25)10-5-3-7-18-10)16(26)21-12(9-27)14(24)19-8-13(22)23/h10-12,18,27H,1-9,17H2,(H,19,24)(H,20,25)(H,21,26)(H,22,23). The summed E-state index contributed by atoms with van der Waals surface area (Å²) in [7, 11) is 0. The molecule has 0 radical (unpaired) electrons. The van der Waals surface area contributed by atoms with E-state index in [1.54, 1.807) is 0 Å². The Morgan fingerprint density at radius 1 is 1.15 bits per heavy atom. The van der Waals surface area contributed by atoms with Crippen LogP contribution in [0, 0.1) is 0 Å². The largest absolute Gasteiger partial charge is 0.480 e. The van der Waals surface area contributed by atoms with Crippen molar-refractivity contribution < 1.29 is 24.3 Å². The Morgan fingerprint density at radius 2 is 1.89 bits per heavy atom. The number of nitrogens with one attached hydrogen (secondary N) is 4. The van der Waals surface area contributed by atoms with Crippen LogP contribution in [0.25, 0.3) is 0 Å². The number of carboxylic acids is 1. The fourth-order valence-corrected chi connectivity index (χ4v) is 2.95. The van der Waals surface area contributed by atoms with Crippen LogP contribution >= 0.6 is 12.6 Å². The van der Waals surface area contributed by atoms with Crippen molar-refractivity contribution in [2.75, 3.05) is 25.4 Å². The van der Waals surface area contributed by atoms with E-state index in [-0.39, 0.29) is 17.7 Å². The van der Waals surface area contributed by atoms with E-state index in [9.17, 15) is 19.2 Å². The van der Waals surface area contributed by atoms with Crippen molar-refractivity contribution in [1.29, 1.82) is 0 Å². The third-order valence-corrected chi connectivity index (χ3v) is 4.55. The minimum absolute atomic E-state index is 0.00909. The minimum atomic E-state index is -1.19. The number of amides is 3. The molecule has 1 saturated heterocycles. The Bertz CT molecular complexity index is 527. The molecule has 1 fully saturated rings. The number of carbonyl (C=O) groups is 4. The second-order valence-electron chi connectivity index (χ2n) is 6.35. The molecule has 0 aromatic rings. The number of nitrogens with two attached hydrogens (primary N) is 1. The molecular weight excluding hydrogens is 374 g/mol. The van der Waals surface area contributed by atoms with Crippen LogP contribution in [-0.4, -0.2) is 72.3 Å². The van der Waals surface area contributed by atoms with Crippen LogP contribution in [0.15, 0.2) is 0 Å². The van der Waals surface area contributed by atoms with E-state index in [1.807, 2.05) is 0 Å². The van der Waals surface area contributed by atoms with E-state index in [4.69, 9.17) is 10.8 Å². The van der Waals surface area contributed by atoms with Crippen LogP contribution in [0.2, 0.25) is 0 Å². The molecule has 0 aromatic carbocycles. The average molecular weight is 404 g/mol. The molecule has 7 N–H and O–H groups in total. The van der Waals surface area contributed by atoms with Gasteiger partial charge in [0.25, 0.3) is 0 Å². The zero-order valence-electron chi connectivity index (χ0n) is 15.2. The fourth-order valence-electron chi connectivity index (χ4n) is 2.69. The van der Waals surface area contributed by atoms with Gasteiger partial charge in [-0.15, -0.1) is 0 Å². The molecule has 3 atom stereocenters. The lowest BCUT2D eigenvalue weighted by Crippen LogP contribution is -2.56. The predicted octanol–water partition coefficient (Wildman–Crippen LogP) is -2.03. The van der Waals surface area contributed by atoms with Gasteiger partial charge < -0.3 is 32.1 Å². The number of hydrogen-bond acceptors (Lipinski definition) is 7. The molecule has 10 nitrogen and oxygen atoms in total. The van der Waals surface area contributed by atoms with Crippen LogP contribution in [0.4, 0.5) is 0 Å². The SMILES string of the molecule is NCCCCC(NC(=O)C1CCCN1)C(=O)NC(CS)C(=O)NCC(=O)O. The molecule has 3 unspecified atom stereocenters. The van der Waals surface area contributed by atoms with Crippen LogP contribution in [0.1, 0.15) is 32.1 Å². The summed E-state index contributed by atoms with van der Waals surface area (Å²) in [6.07, 6.45) is 3.34. The maximum atomic E-state index is 12.6. The van der Waals surface area contributed by atoms with Gasteiger partial charge in [0.05, 0.1) is 6.04 Å². The van der Waals surface area contributed by atoms with E-state index < -0.39 is 36.4 Å². The lowest BCUT2D eigenvalue weighted by Gasteiger charge is -2.23. The van der Waals surface area contributed by atoms with Crippen molar-refractivity contribution in [2.45, 2.75) is 50.2 Å². The van der Waals surface area contributed by atoms with Gasteiger partial charge in [-0.25, -0.2) is 0 Å². The van der Waals surface area contributed by atoms with Gasteiger partial charge in [0.15, 0.2) is 0 Å². The van der Waals surface area contributed by atoms with Gasteiger partial charge >= 0.3 is 5.97 Å². The van der Waals surface area contributed by atoms with Crippen molar-refractivity contribution in [3.63, 3.8) is 0 Å². The molecule has 1 rings (SSSR count). The van der Waals surface area contributed by atoms with E-state index >= 15 is 0 Å². The maximum absolute atomic E-state index is 12.6. The van der Waals surface area contributed by atoms with Gasteiger partial charge in [-0.2, -0.15) is 12.6 Å². The average Bonchev–Trinajstić information content (AvgIpc) is 3.18. The molecule has 3 amide bonds. The molecule has 11 heteroatoms. The van der Waals surface area contributed by atoms with Crippen LogP contribution in [0.5, 0.6) is 0 Å². The van der Waals surface area contributed by atoms with E-state index in [1.165, 1.54) is 0 Å². The fraction of sp³-hybridized carbons (Fsp3) is 0.750. The Balaban J connectivity index is 2.67. The zero-order valence-corrected chi connectivity index (χ0v) is 16.1. The molecule has 154 valence electrons. The van der Waals surface area contributed by atoms with Gasteiger partial charge in [-0.05, 0) is 45.2 Å². The van der Waals surface area contributed by atoms with Crippen molar-refractivity contribution in [3.8, 4) is 0 Å². The first-order chi connectivity index (χ1) is 12.9. The smallest absolute Gasteiger partial charge is 0.322 e. The number of carboxylic acid groups (broad SMARTS) is 1. The second kappa shape index (κ2) is 12.5. The lowest BCUT2D eigenvalue weighted by molar-refractivity contribution is -0.138. The second-order valence-corrected chi connectivity index (χ2v) is 6.72. The summed E-state index contributed by atoms with van der Waals surface area (Å²) in [5.74, 6) is -2.61. The molecule has 0 saturated carbocycles. The van der Waals surface area contributed by atoms with E-state index in [0.717, 1.165) is 13.0 Å². The van der Waals surface area contributed by atoms with Gasteiger partial charge in [0, 0.05) is 5.75 Å². The Labute approximate surface area is 163 Å². The number of carbonyl (C=O) groups excluding carboxylic acids is 3. The topological polar surface area (TPSA) is 163 Å². The van der Waals surface area contributed by atoms with E-state index in [2.05, 4.69) is 33.9 Å². The molecule has 27 heavy (non-hydrogen) atoms. The van der Waals surface area contributed by atoms with Crippen molar-refractivity contribution in [3.05, 3.63) is 0 Å². The molecule has 1 heterocycles. The number of aliphatic carboxylic acids is 1. The van der Waals surface area contributed by atoms with Crippen molar-refractivity contribution in [1.82, 2.24) is 21.3 Å².